The summed E-state index contributed by atoms with van der Waals surface area (Å²) < 4.78 is 0.903. The molecule has 2 aliphatic carbocycles. The van der Waals surface area contributed by atoms with E-state index in [4.69, 9.17) is 0 Å². The Balaban J connectivity index is 1.96. The molecule has 2 rings (SSSR count). The first kappa shape index (κ1) is 9.75. The molecule has 2 atom stereocenters. The fourth-order valence-electron chi connectivity index (χ4n) is 2.32. The molecule has 0 bridgehead atoms. The van der Waals surface area contributed by atoms with Crippen LogP contribution >= 0.6 is 22.6 Å². The topological polar surface area (TPSA) is 0 Å². The summed E-state index contributed by atoms with van der Waals surface area (Å²) in [5.41, 5.74) is 1.76. The van der Waals surface area contributed by atoms with Crippen LogP contribution in [-0.2, 0) is 0 Å². The van der Waals surface area contributed by atoms with E-state index in [1.54, 1.807) is 5.57 Å². The first-order valence-corrected chi connectivity index (χ1v) is 6.59. The minimum absolute atomic E-state index is 0.897. The lowest BCUT2D eigenvalue weighted by Crippen LogP contribution is -2.12. The number of hydrogen-bond acceptors (Lipinski definition) is 0. The van der Waals surface area contributed by atoms with E-state index in [1.165, 1.54) is 38.5 Å². The van der Waals surface area contributed by atoms with Gasteiger partial charge < -0.3 is 0 Å². The van der Waals surface area contributed by atoms with Gasteiger partial charge in [0.25, 0.3) is 0 Å². The predicted octanol–water partition coefficient (Wildman–Crippen LogP) is 4.26. The van der Waals surface area contributed by atoms with Crippen LogP contribution in [-0.4, -0.2) is 3.92 Å². The molecule has 0 amide bonds. The zero-order valence-electron chi connectivity index (χ0n) is 8.01. The van der Waals surface area contributed by atoms with Gasteiger partial charge in [-0.15, -0.1) is 0 Å². The predicted molar refractivity (Wildman–Crippen MR) is 66.2 cm³/mol. The molecule has 0 aliphatic heterocycles. The third kappa shape index (κ3) is 2.58. The zero-order valence-corrected chi connectivity index (χ0v) is 10.2. The molecule has 0 spiro atoms. The standard InChI is InChI=1S/C12H17I/c13-12-8-6-11(7-9-12)10-4-2-1-3-5-10/h1-2,6,10,12H,3-5,7-9H2. The summed E-state index contributed by atoms with van der Waals surface area (Å²) in [6, 6.07) is 0. The lowest BCUT2D eigenvalue weighted by atomic mass is 9.82. The number of rotatable bonds is 1. The van der Waals surface area contributed by atoms with Gasteiger partial charge in [0, 0.05) is 3.92 Å². The number of allylic oxidation sites excluding steroid dienone is 4. The maximum Gasteiger partial charge on any atom is 0.0147 e. The number of alkyl halides is 1. The lowest BCUT2D eigenvalue weighted by Gasteiger charge is -2.25. The maximum atomic E-state index is 2.58. The molecule has 0 aromatic rings. The second-order valence-electron chi connectivity index (χ2n) is 4.13. The molecule has 2 aliphatic rings. The van der Waals surface area contributed by atoms with Crippen molar-refractivity contribution in [1.82, 2.24) is 0 Å². The molecule has 1 heteroatoms. The van der Waals surface area contributed by atoms with E-state index >= 15 is 0 Å². The summed E-state index contributed by atoms with van der Waals surface area (Å²) in [5.74, 6) is 0.897. The van der Waals surface area contributed by atoms with Gasteiger partial charge in [0.2, 0.25) is 0 Å². The third-order valence-corrected chi connectivity index (χ3v) is 4.31. The molecule has 0 saturated carbocycles. The van der Waals surface area contributed by atoms with Crippen molar-refractivity contribution in [1.29, 1.82) is 0 Å². The number of hydrogen-bond donors (Lipinski definition) is 0. The van der Waals surface area contributed by atoms with E-state index in [0.717, 1.165) is 9.84 Å². The van der Waals surface area contributed by atoms with Crippen LogP contribution in [0.2, 0.25) is 0 Å². The van der Waals surface area contributed by atoms with E-state index in [1.807, 2.05) is 0 Å². The fourth-order valence-corrected chi connectivity index (χ4v) is 2.89. The van der Waals surface area contributed by atoms with Crippen molar-refractivity contribution >= 4 is 22.6 Å². The molecule has 0 aromatic carbocycles. The first-order chi connectivity index (χ1) is 6.36. The Kier molecular flexibility index (Phi) is 3.47. The van der Waals surface area contributed by atoms with Crippen LogP contribution in [0.15, 0.2) is 23.8 Å². The normalized spacial score (nSPS) is 34.4. The Bertz CT molecular complexity index is 227. The molecule has 0 aromatic heterocycles. The van der Waals surface area contributed by atoms with Crippen LogP contribution in [0.3, 0.4) is 0 Å². The van der Waals surface area contributed by atoms with Crippen LogP contribution < -0.4 is 0 Å². The highest BCUT2D eigenvalue weighted by atomic mass is 127. The van der Waals surface area contributed by atoms with Crippen LogP contribution in [0.1, 0.15) is 38.5 Å². The Morgan fingerprint density at radius 3 is 2.69 bits per heavy atom. The third-order valence-electron chi connectivity index (χ3n) is 3.18. The SMILES string of the molecule is IC1CC=C(C2CC=CCC2)CC1. The highest BCUT2D eigenvalue weighted by Gasteiger charge is 2.19. The monoisotopic (exact) mass is 288 g/mol. The molecule has 0 N–H and O–H groups in total. The summed E-state index contributed by atoms with van der Waals surface area (Å²) in [4.78, 5) is 0. The Morgan fingerprint density at radius 1 is 1.15 bits per heavy atom. The van der Waals surface area contributed by atoms with Crippen LogP contribution in [0, 0.1) is 5.92 Å². The smallest absolute Gasteiger partial charge is 0.0147 e. The van der Waals surface area contributed by atoms with E-state index < -0.39 is 0 Å². The quantitative estimate of drug-likeness (QED) is 0.384. The van der Waals surface area contributed by atoms with Gasteiger partial charge in [-0.1, -0.05) is 46.4 Å². The van der Waals surface area contributed by atoms with Crippen LogP contribution in [0.25, 0.3) is 0 Å². The molecule has 0 radical (unpaired) electrons. The van der Waals surface area contributed by atoms with Gasteiger partial charge in [-0.2, -0.15) is 0 Å². The molecular formula is C12H17I. The van der Waals surface area contributed by atoms with Crippen molar-refractivity contribution in [3.05, 3.63) is 23.8 Å². The minimum atomic E-state index is 0.897. The van der Waals surface area contributed by atoms with Crippen molar-refractivity contribution in [3.8, 4) is 0 Å². The molecule has 0 saturated heterocycles. The Hall–Kier alpha value is 0.210. The molecule has 13 heavy (non-hydrogen) atoms. The highest BCUT2D eigenvalue weighted by Crippen LogP contribution is 2.34. The molecule has 72 valence electrons. The largest absolute Gasteiger partial charge is 0.0885 e. The molecule has 0 heterocycles. The van der Waals surface area contributed by atoms with Gasteiger partial charge in [-0.05, 0) is 44.4 Å². The van der Waals surface area contributed by atoms with Gasteiger partial charge in [0.15, 0.2) is 0 Å². The van der Waals surface area contributed by atoms with Crippen molar-refractivity contribution < 1.29 is 0 Å². The zero-order chi connectivity index (χ0) is 9.10. The fraction of sp³-hybridized carbons (Fsp3) is 0.667. The second kappa shape index (κ2) is 4.63. The lowest BCUT2D eigenvalue weighted by molar-refractivity contribution is 0.514. The van der Waals surface area contributed by atoms with Crippen LogP contribution in [0.5, 0.6) is 0 Å². The van der Waals surface area contributed by atoms with E-state index in [2.05, 4.69) is 40.8 Å². The second-order valence-corrected chi connectivity index (χ2v) is 5.89. The average molecular weight is 288 g/mol. The molecule has 2 unspecified atom stereocenters. The van der Waals surface area contributed by atoms with Gasteiger partial charge in [-0.3, -0.25) is 0 Å². The molecular weight excluding hydrogens is 271 g/mol. The van der Waals surface area contributed by atoms with Crippen molar-refractivity contribution in [2.24, 2.45) is 5.92 Å². The average Bonchev–Trinajstić information content (AvgIpc) is 2.20. The summed E-state index contributed by atoms with van der Waals surface area (Å²) in [5, 5.41) is 0. The summed E-state index contributed by atoms with van der Waals surface area (Å²) >= 11 is 2.58. The molecule has 0 nitrogen and oxygen atoms in total. The van der Waals surface area contributed by atoms with Crippen molar-refractivity contribution in [2.45, 2.75) is 42.4 Å². The Labute approximate surface area is 94.6 Å². The van der Waals surface area contributed by atoms with Crippen molar-refractivity contribution in [3.63, 3.8) is 0 Å². The van der Waals surface area contributed by atoms with Gasteiger partial charge in [0.1, 0.15) is 0 Å². The van der Waals surface area contributed by atoms with E-state index in [-0.39, 0.29) is 0 Å². The number of halogens is 1. The van der Waals surface area contributed by atoms with Gasteiger partial charge in [0.05, 0.1) is 0 Å². The summed E-state index contributed by atoms with van der Waals surface area (Å²) in [7, 11) is 0. The summed E-state index contributed by atoms with van der Waals surface area (Å²) in [6.07, 6.45) is 15.3. The van der Waals surface area contributed by atoms with Gasteiger partial charge in [-0.25, -0.2) is 0 Å². The summed E-state index contributed by atoms with van der Waals surface area (Å²) in [6.45, 7) is 0. The highest BCUT2D eigenvalue weighted by molar-refractivity contribution is 14.1. The van der Waals surface area contributed by atoms with Crippen LogP contribution in [0.4, 0.5) is 0 Å². The minimum Gasteiger partial charge on any atom is -0.0885 e. The Morgan fingerprint density at radius 2 is 2.08 bits per heavy atom. The first-order valence-electron chi connectivity index (χ1n) is 5.34. The van der Waals surface area contributed by atoms with E-state index in [0.29, 0.717) is 0 Å². The maximum absolute atomic E-state index is 2.58. The van der Waals surface area contributed by atoms with E-state index in [9.17, 15) is 0 Å². The van der Waals surface area contributed by atoms with Crippen molar-refractivity contribution in [2.75, 3.05) is 0 Å². The van der Waals surface area contributed by atoms with Gasteiger partial charge >= 0.3 is 0 Å². The molecule has 0 fully saturated rings.